The standard InChI is InChI=1S/C39H44N4O4/c1-3-39(47)17-15-30-28-12-10-26-23-35(44)34(24-29(26)27(28)14-16-38(30,39)2)41-19-21-42(22-20-41)37(46)33-9-6-18-43(33)36(45)32-13-11-25-7-4-5-8-31(25)40-32/h1,4-5,7-8,11,13,23-24,27-28,30,33,44,47H,6,9-10,12,14-22H2,2H3/t27-,28+,30-,33-,38-,39-/m0/s1. The topological polar surface area (TPSA) is 97.2 Å². The Morgan fingerprint density at radius 2 is 1.79 bits per heavy atom. The van der Waals surface area contributed by atoms with Crippen LogP contribution < -0.4 is 4.90 Å². The molecule has 2 saturated heterocycles. The number of anilines is 1. The molecule has 2 saturated carbocycles. The van der Waals surface area contributed by atoms with Crippen LogP contribution in [0, 0.1) is 29.6 Å². The Morgan fingerprint density at radius 3 is 2.60 bits per heavy atom. The van der Waals surface area contributed by atoms with Gasteiger partial charge in [-0.2, -0.15) is 0 Å². The summed E-state index contributed by atoms with van der Waals surface area (Å²) in [5.41, 5.74) is 3.31. The number of para-hydroxylation sites is 1. The zero-order valence-electron chi connectivity index (χ0n) is 27.2. The molecule has 8 rings (SSSR count). The largest absolute Gasteiger partial charge is 0.506 e. The van der Waals surface area contributed by atoms with E-state index in [1.807, 2.05) is 41.3 Å². The number of phenolic OH excluding ortho intramolecular Hbond substituents is 1. The van der Waals surface area contributed by atoms with Crippen molar-refractivity contribution in [2.45, 2.75) is 75.9 Å². The summed E-state index contributed by atoms with van der Waals surface area (Å²) in [7, 11) is 0. The van der Waals surface area contributed by atoms with Gasteiger partial charge < -0.3 is 24.9 Å². The number of aryl methyl sites for hydroxylation is 1. The Labute approximate surface area is 276 Å². The van der Waals surface area contributed by atoms with Crippen LogP contribution in [0.25, 0.3) is 10.9 Å². The molecule has 8 nitrogen and oxygen atoms in total. The highest BCUT2D eigenvalue weighted by Gasteiger charge is 2.61. The van der Waals surface area contributed by atoms with Crippen molar-refractivity contribution in [2.75, 3.05) is 37.6 Å². The van der Waals surface area contributed by atoms with Crippen molar-refractivity contribution in [2.24, 2.45) is 17.3 Å². The highest BCUT2D eigenvalue weighted by molar-refractivity contribution is 5.98. The van der Waals surface area contributed by atoms with E-state index in [1.165, 1.54) is 11.1 Å². The predicted octanol–water partition coefficient (Wildman–Crippen LogP) is 5.11. The summed E-state index contributed by atoms with van der Waals surface area (Å²) in [6.45, 7) is 5.08. The minimum atomic E-state index is -1.02. The normalized spacial score (nSPS) is 31.6. The number of hydrogen-bond acceptors (Lipinski definition) is 6. The van der Waals surface area contributed by atoms with Gasteiger partial charge in [0.25, 0.3) is 5.91 Å². The lowest BCUT2D eigenvalue weighted by Gasteiger charge is -2.52. The minimum Gasteiger partial charge on any atom is -0.506 e. The lowest BCUT2D eigenvalue weighted by atomic mass is 9.53. The van der Waals surface area contributed by atoms with E-state index in [4.69, 9.17) is 6.42 Å². The van der Waals surface area contributed by atoms with Crippen molar-refractivity contribution in [1.82, 2.24) is 14.8 Å². The van der Waals surface area contributed by atoms with Crippen LogP contribution >= 0.6 is 0 Å². The molecule has 244 valence electrons. The number of likely N-dealkylation sites (tertiary alicyclic amines) is 1. The van der Waals surface area contributed by atoms with Crippen LogP contribution in [0.5, 0.6) is 5.75 Å². The Balaban J connectivity index is 0.956. The van der Waals surface area contributed by atoms with E-state index >= 15 is 0 Å². The van der Waals surface area contributed by atoms with Crippen molar-refractivity contribution < 1.29 is 19.8 Å². The third kappa shape index (κ3) is 4.72. The number of rotatable bonds is 3. The number of aliphatic hydroxyl groups is 1. The second-order valence-corrected chi connectivity index (χ2v) is 14.8. The molecule has 8 heteroatoms. The fourth-order valence-electron chi connectivity index (χ4n) is 10.1. The molecule has 4 fully saturated rings. The Kier molecular flexibility index (Phi) is 7.25. The first-order valence-corrected chi connectivity index (χ1v) is 17.5. The summed E-state index contributed by atoms with van der Waals surface area (Å²) in [5, 5.41) is 23.5. The zero-order valence-corrected chi connectivity index (χ0v) is 27.2. The number of fused-ring (bicyclic) bond motifs is 6. The number of nitrogens with zero attached hydrogens (tertiary/aromatic N) is 4. The average Bonchev–Trinajstić information content (AvgIpc) is 3.70. The van der Waals surface area contributed by atoms with E-state index < -0.39 is 11.6 Å². The average molecular weight is 633 g/mol. The van der Waals surface area contributed by atoms with Gasteiger partial charge in [-0.05, 0) is 105 Å². The van der Waals surface area contributed by atoms with Gasteiger partial charge in [0.15, 0.2) is 0 Å². The zero-order chi connectivity index (χ0) is 32.5. The number of aromatic nitrogens is 1. The highest BCUT2D eigenvalue weighted by atomic mass is 16.3. The van der Waals surface area contributed by atoms with Gasteiger partial charge in [-0.1, -0.05) is 37.1 Å². The number of terminal acetylenes is 1. The van der Waals surface area contributed by atoms with Gasteiger partial charge in [-0.25, -0.2) is 4.98 Å². The summed E-state index contributed by atoms with van der Waals surface area (Å²) in [6, 6.07) is 15.1. The number of aromatic hydroxyl groups is 1. The predicted molar refractivity (Wildman–Crippen MR) is 181 cm³/mol. The van der Waals surface area contributed by atoms with Crippen LogP contribution in [0.15, 0.2) is 48.5 Å². The second kappa shape index (κ2) is 11.3. The summed E-state index contributed by atoms with van der Waals surface area (Å²) >= 11 is 0. The minimum absolute atomic E-state index is 0.00235. The molecule has 2 N–H and O–H groups in total. The highest BCUT2D eigenvalue weighted by Crippen LogP contribution is 2.64. The molecule has 0 spiro atoms. The van der Waals surface area contributed by atoms with Crippen LogP contribution in [0.1, 0.15) is 79.4 Å². The van der Waals surface area contributed by atoms with E-state index in [9.17, 15) is 19.8 Å². The molecule has 0 unspecified atom stereocenters. The SMILES string of the molecule is C#C[C@]1(O)CC[C@H]2[C@@H]3CCc4cc(O)c(N5CCN(C(=O)[C@@H]6CCCN6C(=O)c6ccc7ccccc7n6)CC5)cc4[C@H]3CC[C@@]21C. The number of amides is 2. The van der Waals surface area contributed by atoms with Crippen LogP contribution in [0.2, 0.25) is 0 Å². The maximum Gasteiger partial charge on any atom is 0.273 e. The van der Waals surface area contributed by atoms with E-state index in [0.29, 0.717) is 74.8 Å². The van der Waals surface area contributed by atoms with E-state index in [-0.39, 0.29) is 17.2 Å². The van der Waals surface area contributed by atoms with Gasteiger partial charge in [0.2, 0.25) is 5.91 Å². The quantitative estimate of drug-likeness (QED) is 0.390. The molecule has 2 aliphatic heterocycles. The smallest absolute Gasteiger partial charge is 0.273 e. The molecular formula is C39H44N4O4. The summed E-state index contributed by atoms with van der Waals surface area (Å²) in [4.78, 5) is 37.8. The first-order chi connectivity index (χ1) is 22.7. The molecule has 3 heterocycles. The van der Waals surface area contributed by atoms with Gasteiger partial charge in [0.1, 0.15) is 23.1 Å². The molecule has 2 amide bonds. The third-order valence-electron chi connectivity index (χ3n) is 12.8. The Morgan fingerprint density at radius 1 is 0.979 bits per heavy atom. The van der Waals surface area contributed by atoms with Crippen molar-refractivity contribution in [3.8, 4) is 18.1 Å². The molecule has 47 heavy (non-hydrogen) atoms. The van der Waals surface area contributed by atoms with Gasteiger partial charge in [-0.3, -0.25) is 9.59 Å². The van der Waals surface area contributed by atoms with Crippen molar-refractivity contribution >= 4 is 28.4 Å². The van der Waals surface area contributed by atoms with Gasteiger partial charge >= 0.3 is 0 Å². The molecule has 1 aromatic heterocycles. The van der Waals surface area contributed by atoms with Crippen LogP contribution in [0.3, 0.4) is 0 Å². The maximum absolute atomic E-state index is 13.8. The summed E-state index contributed by atoms with van der Waals surface area (Å²) < 4.78 is 0. The van der Waals surface area contributed by atoms with E-state index in [2.05, 4.69) is 28.8 Å². The number of phenols is 1. The fourth-order valence-corrected chi connectivity index (χ4v) is 10.1. The molecule has 2 aromatic carbocycles. The number of benzene rings is 2. The number of hydrogen-bond donors (Lipinski definition) is 2. The van der Waals surface area contributed by atoms with Crippen molar-refractivity contribution in [1.29, 1.82) is 0 Å². The number of carbonyl (C=O) groups excluding carboxylic acids is 2. The second-order valence-electron chi connectivity index (χ2n) is 14.8. The van der Waals surface area contributed by atoms with E-state index in [0.717, 1.165) is 55.1 Å². The number of carbonyl (C=O) groups is 2. The van der Waals surface area contributed by atoms with Gasteiger partial charge in [0.05, 0.1) is 11.2 Å². The Bertz CT molecular complexity index is 1790. The maximum atomic E-state index is 13.8. The molecule has 5 aliphatic rings. The Hall–Kier alpha value is -4.09. The van der Waals surface area contributed by atoms with Crippen LogP contribution in [-0.4, -0.2) is 81.2 Å². The third-order valence-corrected chi connectivity index (χ3v) is 12.8. The van der Waals surface area contributed by atoms with Crippen molar-refractivity contribution in [3.05, 3.63) is 65.4 Å². The fraction of sp³-hybridized carbons (Fsp3) is 0.513. The van der Waals surface area contributed by atoms with E-state index in [1.54, 1.807) is 11.0 Å². The number of pyridine rings is 1. The molecular weight excluding hydrogens is 588 g/mol. The monoisotopic (exact) mass is 632 g/mol. The molecule has 3 aromatic rings. The molecule has 0 bridgehead atoms. The van der Waals surface area contributed by atoms with Gasteiger partial charge in [-0.15, -0.1) is 6.42 Å². The lowest BCUT2D eigenvalue weighted by Crippen LogP contribution is -2.54. The lowest BCUT2D eigenvalue weighted by molar-refractivity contribution is -0.135. The van der Waals surface area contributed by atoms with Crippen molar-refractivity contribution in [3.63, 3.8) is 0 Å². The van der Waals surface area contributed by atoms with Crippen LogP contribution in [0.4, 0.5) is 5.69 Å². The molecule has 3 aliphatic carbocycles. The molecule has 0 radical (unpaired) electrons. The summed E-state index contributed by atoms with van der Waals surface area (Å²) in [5.74, 6) is 4.18. The van der Waals surface area contributed by atoms with Crippen LogP contribution in [-0.2, 0) is 11.2 Å². The first kappa shape index (κ1) is 30.3. The summed E-state index contributed by atoms with van der Waals surface area (Å²) in [6.07, 6.45) is 12.9. The number of piperazine rings is 1. The molecule has 6 atom stereocenters. The first-order valence-electron chi connectivity index (χ1n) is 17.5. The van der Waals surface area contributed by atoms with Gasteiger partial charge in [0, 0.05) is 43.5 Å².